The maximum atomic E-state index is 11.8. The number of rotatable bonds is 6. The number of carbonyl (C=O) groups is 1. The molecule has 0 spiro atoms. The molecule has 9 heteroatoms. The number of guanidine groups is 1. The molecule has 3 aliphatic heterocycles. The van der Waals surface area contributed by atoms with Crippen molar-refractivity contribution in [3.63, 3.8) is 0 Å². The molecule has 1 saturated heterocycles. The van der Waals surface area contributed by atoms with Gasteiger partial charge in [0.1, 0.15) is 17.8 Å². The zero-order valence-electron chi connectivity index (χ0n) is 16.8. The van der Waals surface area contributed by atoms with E-state index in [0.29, 0.717) is 24.6 Å². The van der Waals surface area contributed by atoms with Gasteiger partial charge in [0.05, 0.1) is 6.61 Å². The zero-order valence-corrected chi connectivity index (χ0v) is 16.8. The van der Waals surface area contributed by atoms with Gasteiger partial charge in [-0.3, -0.25) is 4.90 Å². The molecule has 1 aromatic rings. The van der Waals surface area contributed by atoms with Crippen molar-refractivity contribution in [1.29, 1.82) is 0 Å². The van der Waals surface area contributed by atoms with Gasteiger partial charge in [0, 0.05) is 44.1 Å². The van der Waals surface area contributed by atoms with Crippen LogP contribution in [0.15, 0.2) is 28.2 Å². The Labute approximate surface area is 170 Å². The number of ether oxygens (including phenoxy) is 1. The summed E-state index contributed by atoms with van der Waals surface area (Å²) in [6.07, 6.45) is 3.93. The second kappa shape index (κ2) is 8.79. The standard InChI is InChI=1S/C20H28N6O3/c1-2-29-20(28)24-12-10-23(11-13-24)8-3-4-9-25-15-21-19-22-18-16(14-26(19)25)6-5-7-17(18)27/h5-7,14,27H,2-4,8-13,15H2,1H3. The molecule has 29 heavy (non-hydrogen) atoms. The van der Waals surface area contributed by atoms with Gasteiger partial charge in [-0.15, -0.1) is 0 Å². The molecule has 1 aromatic carbocycles. The van der Waals surface area contributed by atoms with E-state index in [2.05, 4.69) is 19.9 Å². The molecular formula is C20H28N6O3. The van der Waals surface area contributed by atoms with Gasteiger partial charge in [0.25, 0.3) is 0 Å². The smallest absolute Gasteiger partial charge is 0.409 e. The third kappa shape index (κ3) is 4.35. The molecule has 156 valence electrons. The number of aromatic hydroxyl groups is 1. The van der Waals surface area contributed by atoms with E-state index < -0.39 is 0 Å². The molecule has 1 N–H and O–H groups in total. The summed E-state index contributed by atoms with van der Waals surface area (Å²) in [6.45, 7) is 8.04. The number of piperazine rings is 1. The molecule has 9 nitrogen and oxygen atoms in total. The predicted octanol–water partition coefficient (Wildman–Crippen LogP) is 0.164. The summed E-state index contributed by atoms with van der Waals surface area (Å²) in [6, 6.07) is 5.41. The summed E-state index contributed by atoms with van der Waals surface area (Å²) in [5.74, 6) is 0.816. The fourth-order valence-corrected chi connectivity index (χ4v) is 3.82. The van der Waals surface area contributed by atoms with E-state index in [1.165, 1.54) is 0 Å². The van der Waals surface area contributed by atoms with Crippen LogP contribution in [0.25, 0.3) is 6.20 Å². The molecule has 0 atom stereocenters. The molecule has 3 heterocycles. The Bertz CT molecular complexity index is 894. The van der Waals surface area contributed by atoms with Crippen molar-refractivity contribution < 1.29 is 14.6 Å². The van der Waals surface area contributed by atoms with Crippen LogP contribution in [0.2, 0.25) is 0 Å². The van der Waals surface area contributed by atoms with Crippen molar-refractivity contribution in [2.45, 2.75) is 19.8 Å². The lowest BCUT2D eigenvalue weighted by Gasteiger charge is -2.34. The van der Waals surface area contributed by atoms with Crippen molar-refractivity contribution in [3.8, 4) is 5.75 Å². The maximum absolute atomic E-state index is 11.8. The molecule has 0 saturated carbocycles. The number of nitrogens with zero attached hydrogens (tertiary/aromatic N) is 6. The Kier molecular flexibility index (Phi) is 5.96. The predicted molar refractivity (Wildman–Crippen MR) is 108 cm³/mol. The Morgan fingerprint density at radius 2 is 1.97 bits per heavy atom. The number of hydrogen-bond donors (Lipinski definition) is 1. The summed E-state index contributed by atoms with van der Waals surface area (Å²) in [5, 5.41) is 15.6. The van der Waals surface area contributed by atoms with Crippen LogP contribution < -0.4 is 10.6 Å². The Balaban J connectivity index is 1.21. The number of phenols is 1. The van der Waals surface area contributed by atoms with Gasteiger partial charge >= 0.3 is 6.09 Å². The minimum Gasteiger partial charge on any atom is -0.506 e. The van der Waals surface area contributed by atoms with Crippen LogP contribution >= 0.6 is 0 Å². The number of fused-ring (bicyclic) bond motifs is 2. The van der Waals surface area contributed by atoms with E-state index in [-0.39, 0.29) is 11.8 Å². The molecule has 4 rings (SSSR count). The second-order valence-corrected chi connectivity index (χ2v) is 7.36. The van der Waals surface area contributed by atoms with Crippen LogP contribution in [-0.2, 0) is 4.74 Å². The first-order chi connectivity index (χ1) is 14.2. The van der Waals surface area contributed by atoms with Gasteiger partial charge in [-0.1, -0.05) is 12.1 Å². The van der Waals surface area contributed by atoms with Crippen molar-refractivity contribution in [2.75, 3.05) is 52.5 Å². The van der Waals surface area contributed by atoms with E-state index in [1.54, 1.807) is 11.0 Å². The monoisotopic (exact) mass is 400 g/mol. The molecule has 3 aliphatic rings. The number of aliphatic imine (C=N–C) groups is 1. The van der Waals surface area contributed by atoms with Gasteiger partial charge in [-0.2, -0.15) is 5.01 Å². The molecule has 0 aliphatic carbocycles. The Morgan fingerprint density at radius 1 is 1.17 bits per heavy atom. The lowest BCUT2D eigenvalue weighted by atomic mass is 10.2. The highest BCUT2D eigenvalue weighted by molar-refractivity contribution is 5.86. The summed E-state index contributed by atoms with van der Waals surface area (Å²) < 4.78 is 5.07. The quantitative estimate of drug-likeness (QED) is 0.685. The zero-order chi connectivity index (χ0) is 20.2. The number of hydrazine groups is 1. The number of amides is 1. The summed E-state index contributed by atoms with van der Waals surface area (Å²) in [4.78, 5) is 24.9. The largest absolute Gasteiger partial charge is 0.506 e. The first kappa shape index (κ1) is 19.7. The van der Waals surface area contributed by atoms with Gasteiger partial charge in [-0.05, 0) is 32.4 Å². The van der Waals surface area contributed by atoms with Crippen molar-refractivity contribution in [3.05, 3.63) is 28.8 Å². The topological polar surface area (TPSA) is 84.2 Å². The third-order valence-corrected chi connectivity index (χ3v) is 5.44. The number of carbonyl (C=O) groups excluding carboxylic acids is 1. The van der Waals surface area contributed by atoms with Crippen LogP contribution in [0.4, 0.5) is 4.79 Å². The lowest BCUT2D eigenvalue weighted by molar-refractivity contribution is 0.0780. The lowest BCUT2D eigenvalue weighted by Crippen LogP contribution is -2.49. The second-order valence-electron chi connectivity index (χ2n) is 7.36. The van der Waals surface area contributed by atoms with Crippen molar-refractivity contribution in [2.24, 2.45) is 9.98 Å². The summed E-state index contributed by atoms with van der Waals surface area (Å²) in [7, 11) is 0. The molecule has 1 amide bonds. The maximum Gasteiger partial charge on any atom is 0.409 e. The van der Waals surface area contributed by atoms with Crippen LogP contribution in [0.3, 0.4) is 0 Å². The highest BCUT2D eigenvalue weighted by Gasteiger charge is 2.26. The van der Waals surface area contributed by atoms with Crippen LogP contribution in [0.5, 0.6) is 5.75 Å². The normalized spacial score (nSPS) is 19.1. The Morgan fingerprint density at radius 3 is 2.76 bits per heavy atom. The molecule has 0 unspecified atom stereocenters. The number of hydrogen-bond acceptors (Lipinski definition) is 8. The average Bonchev–Trinajstić information content (AvgIpc) is 3.13. The van der Waals surface area contributed by atoms with Crippen molar-refractivity contribution >= 4 is 18.3 Å². The van der Waals surface area contributed by atoms with Gasteiger partial charge in [0.2, 0.25) is 5.96 Å². The molecule has 0 bridgehead atoms. The third-order valence-electron chi connectivity index (χ3n) is 5.44. The van der Waals surface area contributed by atoms with Crippen molar-refractivity contribution in [1.82, 2.24) is 19.8 Å². The average molecular weight is 400 g/mol. The van der Waals surface area contributed by atoms with Crippen LogP contribution in [-0.4, -0.2) is 89.5 Å². The van der Waals surface area contributed by atoms with E-state index in [0.717, 1.165) is 57.3 Å². The molecule has 0 aromatic heterocycles. The van der Waals surface area contributed by atoms with Gasteiger partial charge in [0.15, 0.2) is 0 Å². The fraction of sp³-hybridized carbons (Fsp3) is 0.550. The SMILES string of the molecule is CCOC(=O)N1CCN(CCCCN2CN=C3N=c4c(O)cccc4=CN32)CC1. The van der Waals surface area contributed by atoms with E-state index in [4.69, 9.17) is 4.74 Å². The van der Waals surface area contributed by atoms with E-state index in [9.17, 15) is 9.90 Å². The highest BCUT2D eigenvalue weighted by Crippen LogP contribution is 2.14. The summed E-state index contributed by atoms with van der Waals surface area (Å²) in [5.41, 5.74) is 0. The number of para-hydroxylation sites is 1. The molecule has 0 radical (unpaired) electrons. The van der Waals surface area contributed by atoms with E-state index >= 15 is 0 Å². The number of phenolic OH excluding ortho intramolecular Hbond substituents is 1. The van der Waals surface area contributed by atoms with Gasteiger partial charge < -0.3 is 14.7 Å². The van der Waals surface area contributed by atoms with E-state index in [1.807, 2.05) is 30.3 Å². The minimum absolute atomic E-state index is 0.183. The minimum atomic E-state index is -0.199. The highest BCUT2D eigenvalue weighted by atomic mass is 16.6. The molecular weight excluding hydrogens is 372 g/mol. The van der Waals surface area contributed by atoms with Crippen LogP contribution in [0.1, 0.15) is 19.8 Å². The first-order valence-corrected chi connectivity index (χ1v) is 10.3. The number of unbranched alkanes of at least 4 members (excludes halogenated alkanes) is 1. The number of benzene rings is 1. The Hall–Kier alpha value is -2.65. The summed E-state index contributed by atoms with van der Waals surface area (Å²) >= 11 is 0. The van der Waals surface area contributed by atoms with Crippen LogP contribution in [0, 0.1) is 0 Å². The molecule has 1 fully saturated rings. The first-order valence-electron chi connectivity index (χ1n) is 10.3. The fourth-order valence-electron chi connectivity index (χ4n) is 3.82. The van der Waals surface area contributed by atoms with Gasteiger partial charge in [-0.25, -0.2) is 19.8 Å².